The number of benzene rings is 2. The van der Waals surface area contributed by atoms with Gasteiger partial charge in [-0.05, 0) is 30.3 Å². The van der Waals surface area contributed by atoms with Gasteiger partial charge in [-0.15, -0.1) is 0 Å². The minimum atomic E-state index is -0.928. The van der Waals surface area contributed by atoms with Crippen molar-refractivity contribution in [3.05, 3.63) is 63.5 Å². The van der Waals surface area contributed by atoms with Gasteiger partial charge in [0.15, 0.2) is 4.32 Å². The highest BCUT2D eigenvalue weighted by molar-refractivity contribution is 9.10. The molecule has 1 heterocycles. The van der Waals surface area contributed by atoms with Gasteiger partial charge in [0.2, 0.25) is 0 Å². The van der Waals surface area contributed by atoms with Crippen molar-refractivity contribution in [2.45, 2.75) is 6.42 Å². The first-order valence-electron chi connectivity index (χ1n) is 7.93. The molecule has 1 N–H and O–H groups in total. The van der Waals surface area contributed by atoms with E-state index in [1.165, 1.54) is 16.7 Å². The highest BCUT2D eigenvalue weighted by atomic mass is 79.9. The Morgan fingerprint density at radius 1 is 1.26 bits per heavy atom. The SMILES string of the molecule is O=C(O)CCOc1ccccc1/C=C1/SC(=S)N(c2cccc(Br)c2)C1=O. The molecule has 8 heteroatoms. The first kappa shape index (κ1) is 19.6. The second-order valence-electron chi connectivity index (χ2n) is 5.53. The lowest BCUT2D eigenvalue weighted by atomic mass is 10.2. The lowest BCUT2D eigenvalue weighted by Crippen LogP contribution is -2.27. The van der Waals surface area contributed by atoms with Gasteiger partial charge in [-0.25, -0.2) is 0 Å². The van der Waals surface area contributed by atoms with Crippen LogP contribution in [0, 0.1) is 0 Å². The third-order valence-electron chi connectivity index (χ3n) is 3.64. The highest BCUT2D eigenvalue weighted by Gasteiger charge is 2.33. The zero-order valence-corrected chi connectivity index (χ0v) is 17.1. The number of rotatable bonds is 6. The number of halogens is 1. The Morgan fingerprint density at radius 3 is 2.78 bits per heavy atom. The van der Waals surface area contributed by atoms with Crippen LogP contribution in [0.15, 0.2) is 57.9 Å². The summed E-state index contributed by atoms with van der Waals surface area (Å²) in [6, 6.07) is 14.5. The van der Waals surface area contributed by atoms with E-state index in [0.717, 1.165) is 4.47 Å². The maximum absolute atomic E-state index is 12.9. The number of hydrogen-bond donors (Lipinski definition) is 1. The van der Waals surface area contributed by atoms with Crippen LogP contribution in [-0.4, -0.2) is 27.9 Å². The summed E-state index contributed by atoms with van der Waals surface area (Å²) < 4.78 is 6.86. The Kier molecular flexibility index (Phi) is 6.30. The van der Waals surface area contributed by atoms with E-state index in [9.17, 15) is 9.59 Å². The van der Waals surface area contributed by atoms with Crippen molar-refractivity contribution in [2.75, 3.05) is 11.5 Å². The Labute approximate surface area is 174 Å². The van der Waals surface area contributed by atoms with Crippen LogP contribution in [0.25, 0.3) is 6.08 Å². The summed E-state index contributed by atoms with van der Waals surface area (Å²) in [5.74, 6) is -0.614. The predicted molar refractivity (Wildman–Crippen MR) is 114 cm³/mol. The molecule has 1 fully saturated rings. The number of ether oxygens (including phenoxy) is 1. The van der Waals surface area contributed by atoms with E-state index in [1.807, 2.05) is 36.4 Å². The molecule has 0 saturated carbocycles. The number of thiocarbonyl (C=S) groups is 1. The fourth-order valence-electron chi connectivity index (χ4n) is 2.43. The van der Waals surface area contributed by atoms with Crippen molar-refractivity contribution >= 4 is 67.9 Å². The van der Waals surface area contributed by atoms with Crippen molar-refractivity contribution in [1.29, 1.82) is 0 Å². The number of anilines is 1. The van der Waals surface area contributed by atoms with E-state index in [0.29, 0.717) is 26.2 Å². The summed E-state index contributed by atoms with van der Waals surface area (Å²) in [5, 5.41) is 8.75. The Hall–Kier alpha value is -2.16. The molecule has 5 nitrogen and oxygen atoms in total. The monoisotopic (exact) mass is 463 g/mol. The maximum Gasteiger partial charge on any atom is 0.306 e. The summed E-state index contributed by atoms with van der Waals surface area (Å²) >= 11 is 10.0. The van der Waals surface area contributed by atoms with Gasteiger partial charge < -0.3 is 9.84 Å². The van der Waals surface area contributed by atoms with Crippen LogP contribution in [0.5, 0.6) is 5.75 Å². The van der Waals surface area contributed by atoms with E-state index < -0.39 is 5.97 Å². The molecule has 0 aromatic heterocycles. The molecule has 0 bridgehead atoms. The lowest BCUT2D eigenvalue weighted by Gasteiger charge is -2.14. The van der Waals surface area contributed by atoms with Gasteiger partial charge in [-0.1, -0.05) is 64.2 Å². The summed E-state index contributed by atoms with van der Waals surface area (Å²) in [4.78, 5) is 25.5. The van der Waals surface area contributed by atoms with Gasteiger partial charge in [0.05, 0.1) is 23.6 Å². The first-order valence-corrected chi connectivity index (χ1v) is 9.94. The molecule has 2 aromatic rings. The van der Waals surface area contributed by atoms with Crippen molar-refractivity contribution < 1.29 is 19.4 Å². The zero-order valence-electron chi connectivity index (χ0n) is 13.9. The first-order chi connectivity index (χ1) is 13.0. The molecule has 0 aliphatic carbocycles. The zero-order chi connectivity index (χ0) is 19.4. The van der Waals surface area contributed by atoms with Crippen LogP contribution in [0.3, 0.4) is 0 Å². The number of carbonyl (C=O) groups excluding carboxylic acids is 1. The molecular formula is C19H14BrNO4S2. The normalized spacial score (nSPS) is 15.4. The minimum absolute atomic E-state index is 0.0548. The molecular weight excluding hydrogens is 450 g/mol. The number of hydrogen-bond acceptors (Lipinski definition) is 5. The molecule has 0 radical (unpaired) electrons. The smallest absolute Gasteiger partial charge is 0.306 e. The standard InChI is InChI=1S/C19H14BrNO4S2/c20-13-5-3-6-14(11-13)21-18(24)16(27-19(21)26)10-12-4-1-2-7-15(12)25-9-8-17(22)23/h1-7,10-11H,8-9H2,(H,22,23)/b16-10+. The Balaban J connectivity index is 1.85. The fourth-order valence-corrected chi connectivity index (χ4v) is 4.10. The summed E-state index contributed by atoms with van der Waals surface area (Å²) in [7, 11) is 0. The molecule has 0 spiro atoms. The van der Waals surface area contributed by atoms with E-state index in [1.54, 1.807) is 18.2 Å². The van der Waals surface area contributed by atoms with Crippen molar-refractivity contribution in [3.63, 3.8) is 0 Å². The van der Waals surface area contributed by atoms with Crippen LogP contribution >= 0.6 is 39.9 Å². The van der Waals surface area contributed by atoms with Crippen LogP contribution < -0.4 is 9.64 Å². The van der Waals surface area contributed by atoms with Crippen LogP contribution in [0.1, 0.15) is 12.0 Å². The number of carboxylic acids is 1. The van der Waals surface area contributed by atoms with Gasteiger partial charge in [-0.3, -0.25) is 14.5 Å². The second kappa shape index (κ2) is 8.69. The molecule has 1 aliphatic heterocycles. The van der Waals surface area contributed by atoms with Gasteiger partial charge in [0.25, 0.3) is 5.91 Å². The number of para-hydroxylation sites is 1. The number of carboxylic acid groups (broad SMARTS) is 1. The molecule has 2 aromatic carbocycles. The lowest BCUT2D eigenvalue weighted by molar-refractivity contribution is -0.137. The molecule has 27 heavy (non-hydrogen) atoms. The molecule has 0 atom stereocenters. The molecule has 3 rings (SSSR count). The quantitative estimate of drug-likeness (QED) is 0.494. The Morgan fingerprint density at radius 2 is 2.04 bits per heavy atom. The predicted octanol–water partition coefficient (Wildman–Crippen LogP) is 4.71. The van der Waals surface area contributed by atoms with Crippen molar-refractivity contribution in [3.8, 4) is 5.75 Å². The summed E-state index contributed by atoms with van der Waals surface area (Å²) in [6.45, 7) is 0.0548. The molecule has 1 saturated heterocycles. The van der Waals surface area contributed by atoms with Crippen molar-refractivity contribution in [2.24, 2.45) is 0 Å². The van der Waals surface area contributed by atoms with Crippen LogP contribution in [0.4, 0.5) is 5.69 Å². The van der Waals surface area contributed by atoms with Gasteiger partial charge in [0, 0.05) is 10.0 Å². The third-order valence-corrected chi connectivity index (χ3v) is 5.43. The average Bonchev–Trinajstić information content (AvgIpc) is 2.89. The molecule has 1 aliphatic rings. The Bertz CT molecular complexity index is 945. The topological polar surface area (TPSA) is 66.8 Å². The van der Waals surface area contributed by atoms with E-state index in [2.05, 4.69) is 15.9 Å². The van der Waals surface area contributed by atoms with Gasteiger partial charge in [0.1, 0.15) is 5.75 Å². The molecule has 0 unspecified atom stereocenters. The molecule has 1 amide bonds. The van der Waals surface area contributed by atoms with E-state index in [4.69, 9.17) is 22.1 Å². The molecule has 138 valence electrons. The van der Waals surface area contributed by atoms with Crippen LogP contribution in [0.2, 0.25) is 0 Å². The summed E-state index contributed by atoms with van der Waals surface area (Å²) in [5.41, 5.74) is 1.39. The minimum Gasteiger partial charge on any atom is -0.492 e. The largest absolute Gasteiger partial charge is 0.492 e. The number of amides is 1. The highest BCUT2D eigenvalue weighted by Crippen LogP contribution is 2.37. The van der Waals surface area contributed by atoms with Crippen molar-refractivity contribution in [1.82, 2.24) is 0 Å². The maximum atomic E-state index is 12.9. The van der Waals surface area contributed by atoms with Crippen LogP contribution in [-0.2, 0) is 9.59 Å². The van der Waals surface area contributed by atoms with E-state index >= 15 is 0 Å². The number of nitrogens with zero attached hydrogens (tertiary/aromatic N) is 1. The van der Waals surface area contributed by atoms with Gasteiger partial charge in [-0.2, -0.15) is 0 Å². The van der Waals surface area contributed by atoms with E-state index in [-0.39, 0.29) is 18.9 Å². The number of thioether (sulfide) groups is 1. The number of carbonyl (C=O) groups is 2. The van der Waals surface area contributed by atoms with Gasteiger partial charge >= 0.3 is 5.97 Å². The second-order valence-corrected chi connectivity index (χ2v) is 8.12. The number of aliphatic carboxylic acids is 1. The summed E-state index contributed by atoms with van der Waals surface area (Å²) in [6.07, 6.45) is 1.62. The third kappa shape index (κ3) is 4.77. The fraction of sp³-hybridized carbons (Fsp3) is 0.105. The average molecular weight is 464 g/mol.